The standard InChI is InChI=1S/C13H13ClO4S/c1-4-18-12-8(16-2)6-9-7(11(12)14)5-10(19-9)13(15)17-3/h5-6H,4H2,1-3H3. The maximum absolute atomic E-state index is 11.5. The van der Waals surface area contributed by atoms with Crippen molar-refractivity contribution in [1.82, 2.24) is 0 Å². The van der Waals surface area contributed by atoms with Crippen LogP contribution in [0.4, 0.5) is 0 Å². The minimum absolute atomic E-state index is 0.380. The van der Waals surface area contributed by atoms with Crippen molar-refractivity contribution in [3.05, 3.63) is 22.0 Å². The van der Waals surface area contributed by atoms with Crippen LogP contribution in [0, 0.1) is 0 Å². The van der Waals surface area contributed by atoms with Crippen molar-refractivity contribution in [2.45, 2.75) is 6.92 Å². The number of methoxy groups -OCH3 is 2. The van der Waals surface area contributed by atoms with Gasteiger partial charge in [-0.15, -0.1) is 11.3 Å². The fraction of sp³-hybridized carbons (Fsp3) is 0.308. The van der Waals surface area contributed by atoms with Gasteiger partial charge in [-0.25, -0.2) is 4.79 Å². The molecule has 4 nitrogen and oxygen atoms in total. The topological polar surface area (TPSA) is 44.8 Å². The highest BCUT2D eigenvalue weighted by atomic mass is 35.5. The zero-order valence-corrected chi connectivity index (χ0v) is 12.4. The Balaban J connectivity index is 2.64. The third-order valence-corrected chi connectivity index (χ3v) is 4.02. The van der Waals surface area contributed by atoms with E-state index in [0.29, 0.717) is 28.0 Å². The second kappa shape index (κ2) is 5.67. The van der Waals surface area contributed by atoms with Gasteiger partial charge in [-0.3, -0.25) is 0 Å². The van der Waals surface area contributed by atoms with E-state index < -0.39 is 0 Å². The maximum atomic E-state index is 11.5. The Morgan fingerprint density at radius 1 is 1.37 bits per heavy atom. The minimum Gasteiger partial charge on any atom is -0.493 e. The number of fused-ring (bicyclic) bond motifs is 1. The van der Waals surface area contributed by atoms with Gasteiger partial charge in [0.1, 0.15) is 4.88 Å². The first kappa shape index (κ1) is 14.0. The number of hydrogen-bond acceptors (Lipinski definition) is 5. The molecule has 102 valence electrons. The lowest BCUT2D eigenvalue weighted by Crippen LogP contribution is -1.97. The molecule has 6 heteroatoms. The lowest BCUT2D eigenvalue weighted by molar-refractivity contribution is 0.0606. The van der Waals surface area contributed by atoms with E-state index >= 15 is 0 Å². The molecule has 2 aromatic rings. The number of carbonyl (C=O) groups is 1. The van der Waals surface area contributed by atoms with Crippen molar-refractivity contribution in [1.29, 1.82) is 0 Å². The third kappa shape index (κ3) is 2.48. The van der Waals surface area contributed by atoms with Crippen LogP contribution in [0.2, 0.25) is 5.02 Å². The second-order valence-electron chi connectivity index (χ2n) is 3.67. The quantitative estimate of drug-likeness (QED) is 0.807. The number of ether oxygens (including phenoxy) is 3. The zero-order chi connectivity index (χ0) is 14.0. The summed E-state index contributed by atoms with van der Waals surface area (Å²) in [5.74, 6) is 0.667. The van der Waals surface area contributed by atoms with E-state index in [0.717, 1.165) is 10.1 Å². The highest BCUT2D eigenvalue weighted by molar-refractivity contribution is 7.20. The van der Waals surface area contributed by atoms with E-state index in [2.05, 4.69) is 0 Å². The monoisotopic (exact) mass is 300 g/mol. The molecular formula is C13H13ClO4S. The highest BCUT2D eigenvalue weighted by Crippen LogP contribution is 2.44. The molecule has 0 aliphatic carbocycles. The van der Waals surface area contributed by atoms with Gasteiger partial charge in [0.05, 0.1) is 25.8 Å². The number of hydrogen-bond donors (Lipinski definition) is 0. The van der Waals surface area contributed by atoms with Gasteiger partial charge in [-0.1, -0.05) is 11.6 Å². The van der Waals surface area contributed by atoms with E-state index in [4.69, 9.17) is 25.8 Å². The number of carbonyl (C=O) groups excluding carboxylic acids is 1. The Hall–Kier alpha value is -1.46. The van der Waals surface area contributed by atoms with Gasteiger partial charge in [-0.05, 0) is 13.0 Å². The van der Waals surface area contributed by atoms with Crippen LogP contribution < -0.4 is 9.47 Å². The Kier molecular flexibility index (Phi) is 4.17. The van der Waals surface area contributed by atoms with Crippen LogP contribution in [0.5, 0.6) is 11.5 Å². The summed E-state index contributed by atoms with van der Waals surface area (Å²) in [6.45, 7) is 2.35. The van der Waals surface area contributed by atoms with Crippen LogP contribution in [0.15, 0.2) is 12.1 Å². The molecule has 0 atom stereocenters. The molecule has 1 aromatic carbocycles. The van der Waals surface area contributed by atoms with Crippen molar-refractivity contribution in [2.75, 3.05) is 20.8 Å². The molecule has 0 aliphatic heterocycles. The summed E-state index contributed by atoms with van der Waals surface area (Å²) in [4.78, 5) is 12.0. The fourth-order valence-corrected chi connectivity index (χ4v) is 3.11. The molecule has 0 bridgehead atoms. The van der Waals surface area contributed by atoms with Crippen molar-refractivity contribution in [2.24, 2.45) is 0 Å². The molecule has 2 rings (SSSR count). The van der Waals surface area contributed by atoms with Crippen molar-refractivity contribution in [3.63, 3.8) is 0 Å². The van der Waals surface area contributed by atoms with Gasteiger partial charge in [0.2, 0.25) is 0 Å². The van der Waals surface area contributed by atoms with Crippen LogP contribution in [0.1, 0.15) is 16.6 Å². The van der Waals surface area contributed by atoms with Gasteiger partial charge < -0.3 is 14.2 Å². The molecule has 0 unspecified atom stereocenters. The molecule has 19 heavy (non-hydrogen) atoms. The van der Waals surface area contributed by atoms with Gasteiger partial charge in [0.25, 0.3) is 0 Å². The smallest absolute Gasteiger partial charge is 0.348 e. The first-order chi connectivity index (χ1) is 9.12. The van der Waals surface area contributed by atoms with Gasteiger partial charge >= 0.3 is 5.97 Å². The molecule has 1 heterocycles. The Labute approximate surface area is 119 Å². The Morgan fingerprint density at radius 3 is 2.68 bits per heavy atom. The molecule has 0 radical (unpaired) electrons. The van der Waals surface area contributed by atoms with Crippen molar-refractivity contribution in [3.8, 4) is 11.5 Å². The number of thiophene rings is 1. The SMILES string of the molecule is CCOc1c(OC)cc2sc(C(=O)OC)cc2c1Cl. The zero-order valence-electron chi connectivity index (χ0n) is 10.8. The summed E-state index contributed by atoms with van der Waals surface area (Å²) < 4.78 is 16.3. The second-order valence-corrected chi connectivity index (χ2v) is 5.13. The predicted octanol–water partition coefficient (Wildman–Crippen LogP) is 3.75. The Bertz CT molecular complexity index is 621. The largest absolute Gasteiger partial charge is 0.493 e. The molecule has 0 aliphatic rings. The van der Waals surface area contributed by atoms with Crippen LogP contribution in [-0.4, -0.2) is 26.8 Å². The van der Waals surface area contributed by atoms with E-state index in [1.807, 2.05) is 13.0 Å². The number of halogens is 1. The average molecular weight is 301 g/mol. The van der Waals surface area contributed by atoms with E-state index in [9.17, 15) is 4.79 Å². The summed E-state index contributed by atoms with van der Waals surface area (Å²) in [6.07, 6.45) is 0. The van der Waals surface area contributed by atoms with Gasteiger partial charge in [0.15, 0.2) is 11.5 Å². The Morgan fingerprint density at radius 2 is 2.11 bits per heavy atom. The van der Waals surface area contributed by atoms with E-state index in [1.165, 1.54) is 18.4 Å². The molecular weight excluding hydrogens is 288 g/mol. The van der Waals surface area contributed by atoms with Gasteiger partial charge in [-0.2, -0.15) is 0 Å². The normalized spacial score (nSPS) is 10.5. The lowest BCUT2D eigenvalue weighted by Gasteiger charge is -2.11. The molecule has 0 amide bonds. The summed E-state index contributed by atoms with van der Waals surface area (Å²) in [7, 11) is 2.90. The summed E-state index contributed by atoms with van der Waals surface area (Å²) in [5.41, 5.74) is 0. The number of benzene rings is 1. The number of rotatable bonds is 4. The minimum atomic E-state index is -0.380. The maximum Gasteiger partial charge on any atom is 0.348 e. The van der Waals surface area contributed by atoms with Crippen LogP contribution >= 0.6 is 22.9 Å². The first-order valence-corrected chi connectivity index (χ1v) is 6.83. The van der Waals surface area contributed by atoms with Gasteiger partial charge in [0, 0.05) is 16.2 Å². The van der Waals surface area contributed by atoms with Crippen LogP contribution in [-0.2, 0) is 4.74 Å². The molecule has 0 spiro atoms. The molecule has 0 N–H and O–H groups in total. The predicted molar refractivity (Wildman–Crippen MR) is 75.9 cm³/mol. The molecule has 1 aromatic heterocycles. The van der Waals surface area contributed by atoms with Crippen LogP contribution in [0.25, 0.3) is 10.1 Å². The summed E-state index contributed by atoms with van der Waals surface area (Å²) in [6, 6.07) is 3.51. The molecule has 0 saturated carbocycles. The summed E-state index contributed by atoms with van der Waals surface area (Å²) in [5, 5.41) is 1.21. The summed E-state index contributed by atoms with van der Waals surface area (Å²) >= 11 is 7.62. The van der Waals surface area contributed by atoms with E-state index in [1.54, 1.807) is 13.2 Å². The average Bonchev–Trinajstić information content (AvgIpc) is 2.85. The fourth-order valence-electron chi connectivity index (χ4n) is 1.73. The number of esters is 1. The van der Waals surface area contributed by atoms with Crippen molar-refractivity contribution < 1.29 is 19.0 Å². The molecule has 0 saturated heterocycles. The first-order valence-electron chi connectivity index (χ1n) is 5.63. The third-order valence-electron chi connectivity index (χ3n) is 2.58. The van der Waals surface area contributed by atoms with Crippen LogP contribution in [0.3, 0.4) is 0 Å². The lowest BCUT2D eigenvalue weighted by atomic mass is 10.2. The molecule has 0 fully saturated rings. The van der Waals surface area contributed by atoms with E-state index in [-0.39, 0.29) is 5.97 Å². The van der Waals surface area contributed by atoms with Crippen molar-refractivity contribution >= 4 is 39.0 Å². The highest BCUT2D eigenvalue weighted by Gasteiger charge is 2.18.